The maximum absolute atomic E-state index is 11.7. The Balaban J connectivity index is 1.67. The van der Waals surface area contributed by atoms with Gasteiger partial charge in [0.05, 0.1) is 5.69 Å². The van der Waals surface area contributed by atoms with Gasteiger partial charge in [0.2, 0.25) is 0 Å². The molecule has 18 heavy (non-hydrogen) atoms. The van der Waals surface area contributed by atoms with Crippen molar-refractivity contribution in [2.75, 3.05) is 4.90 Å². The van der Waals surface area contributed by atoms with Crippen LogP contribution in [0.15, 0.2) is 0 Å². The first-order chi connectivity index (χ1) is 8.81. The summed E-state index contributed by atoms with van der Waals surface area (Å²) in [5.74, 6) is 0.458. The Morgan fingerprint density at radius 1 is 1.11 bits per heavy atom. The van der Waals surface area contributed by atoms with Crippen LogP contribution in [0.25, 0.3) is 0 Å². The summed E-state index contributed by atoms with van der Waals surface area (Å²) >= 11 is 1.89. The van der Waals surface area contributed by atoms with Gasteiger partial charge in [0.15, 0.2) is 5.13 Å². The number of hydrogen-bond donors (Lipinski definition) is 0. The smallest absolute Gasteiger partial charge is 0.186 e. The minimum Gasteiger partial charge on any atom is -0.341 e. The molecule has 4 heteroatoms. The third-order valence-corrected chi connectivity index (χ3v) is 5.77. The molecule has 3 nitrogen and oxygen atoms in total. The number of nitrogens with zero attached hydrogens (tertiary/aromatic N) is 2. The van der Waals surface area contributed by atoms with Gasteiger partial charge in [-0.3, -0.25) is 4.79 Å². The van der Waals surface area contributed by atoms with E-state index in [-0.39, 0.29) is 0 Å². The second-order valence-electron chi connectivity index (χ2n) is 5.81. The van der Waals surface area contributed by atoms with Crippen molar-refractivity contribution in [2.45, 2.75) is 63.5 Å². The minimum atomic E-state index is 0.448. The molecule has 3 aliphatic rings. The van der Waals surface area contributed by atoms with Crippen molar-refractivity contribution in [3.05, 3.63) is 10.6 Å². The zero-order valence-corrected chi connectivity index (χ0v) is 11.3. The predicted octanol–water partition coefficient (Wildman–Crippen LogP) is 2.72. The van der Waals surface area contributed by atoms with E-state index >= 15 is 0 Å². The quantitative estimate of drug-likeness (QED) is 0.780. The summed E-state index contributed by atoms with van der Waals surface area (Å²) in [5, 5.41) is 1.21. The van der Waals surface area contributed by atoms with Gasteiger partial charge in [0.25, 0.3) is 0 Å². The molecule has 0 N–H and O–H groups in total. The zero-order valence-electron chi connectivity index (χ0n) is 10.5. The second kappa shape index (κ2) is 4.05. The van der Waals surface area contributed by atoms with Gasteiger partial charge in [-0.05, 0) is 38.5 Å². The van der Waals surface area contributed by atoms with Crippen LogP contribution in [0.2, 0.25) is 0 Å². The molecule has 0 saturated carbocycles. The van der Waals surface area contributed by atoms with Crippen LogP contribution in [0, 0.1) is 0 Å². The van der Waals surface area contributed by atoms with Crippen molar-refractivity contribution >= 4 is 22.3 Å². The van der Waals surface area contributed by atoms with Crippen LogP contribution in [0.4, 0.5) is 5.13 Å². The summed E-state index contributed by atoms with van der Waals surface area (Å²) in [7, 11) is 0. The zero-order chi connectivity index (χ0) is 12.1. The predicted molar refractivity (Wildman–Crippen MR) is 72.3 cm³/mol. The van der Waals surface area contributed by atoms with Gasteiger partial charge in [-0.1, -0.05) is 0 Å². The van der Waals surface area contributed by atoms with Gasteiger partial charge in [-0.25, -0.2) is 4.98 Å². The van der Waals surface area contributed by atoms with Gasteiger partial charge in [0, 0.05) is 29.8 Å². The number of hydrogen-bond acceptors (Lipinski definition) is 4. The number of anilines is 1. The van der Waals surface area contributed by atoms with E-state index in [1.807, 2.05) is 11.3 Å². The summed E-state index contributed by atoms with van der Waals surface area (Å²) in [4.78, 5) is 20.5. The molecule has 1 aliphatic carbocycles. The summed E-state index contributed by atoms with van der Waals surface area (Å²) in [6, 6.07) is 0.896. The number of rotatable bonds is 1. The van der Waals surface area contributed by atoms with Crippen LogP contribution in [-0.2, 0) is 17.6 Å². The maximum atomic E-state index is 11.7. The number of Topliss-reactive ketones (excluding diaryl/α,β-unsaturated/α-hetero) is 1. The van der Waals surface area contributed by atoms with Gasteiger partial charge in [0.1, 0.15) is 5.78 Å². The highest BCUT2D eigenvalue weighted by Gasteiger charge is 2.41. The standard InChI is InChI=1S/C14H18N2OS/c17-11-7-9-5-6-10(8-11)16(9)14-15-12-3-1-2-4-13(12)18-14/h9-10H,1-8H2. The number of carbonyl (C=O) groups is 1. The molecular weight excluding hydrogens is 244 g/mol. The van der Waals surface area contributed by atoms with Crippen molar-refractivity contribution in [2.24, 2.45) is 0 Å². The molecule has 2 unspecified atom stereocenters. The first-order valence-corrected chi connectivity index (χ1v) is 7.91. The molecule has 0 radical (unpaired) electrons. The van der Waals surface area contributed by atoms with E-state index in [4.69, 9.17) is 4.98 Å². The average Bonchev–Trinajstić information content (AvgIpc) is 2.88. The maximum Gasteiger partial charge on any atom is 0.186 e. The lowest BCUT2D eigenvalue weighted by molar-refractivity contribution is -0.120. The lowest BCUT2D eigenvalue weighted by Gasteiger charge is -2.33. The molecule has 96 valence electrons. The Morgan fingerprint density at radius 2 is 1.83 bits per heavy atom. The Kier molecular flexibility index (Phi) is 2.47. The molecule has 4 rings (SSSR count). The highest BCUT2D eigenvalue weighted by atomic mass is 32.1. The molecule has 2 aliphatic heterocycles. The number of ketones is 1. The fraction of sp³-hybridized carbons (Fsp3) is 0.714. The summed E-state index contributed by atoms with van der Waals surface area (Å²) in [5.41, 5.74) is 1.34. The monoisotopic (exact) mass is 262 g/mol. The number of fused-ring (bicyclic) bond motifs is 3. The Morgan fingerprint density at radius 3 is 2.56 bits per heavy atom. The highest BCUT2D eigenvalue weighted by molar-refractivity contribution is 7.15. The second-order valence-corrected chi connectivity index (χ2v) is 6.87. The molecule has 3 heterocycles. The van der Waals surface area contributed by atoms with E-state index in [1.165, 1.54) is 47.8 Å². The third kappa shape index (κ3) is 1.62. The van der Waals surface area contributed by atoms with Crippen LogP contribution in [0.5, 0.6) is 0 Å². The van der Waals surface area contributed by atoms with E-state index < -0.39 is 0 Å². The largest absolute Gasteiger partial charge is 0.341 e. The lowest BCUT2D eigenvalue weighted by atomic mass is 10.0. The van der Waals surface area contributed by atoms with Gasteiger partial charge >= 0.3 is 0 Å². The van der Waals surface area contributed by atoms with E-state index in [9.17, 15) is 4.79 Å². The van der Waals surface area contributed by atoms with Gasteiger partial charge in [-0.2, -0.15) is 0 Å². The van der Waals surface area contributed by atoms with Crippen molar-refractivity contribution < 1.29 is 4.79 Å². The van der Waals surface area contributed by atoms with Crippen LogP contribution in [0.1, 0.15) is 49.1 Å². The van der Waals surface area contributed by atoms with Gasteiger partial charge < -0.3 is 4.90 Å². The summed E-state index contributed by atoms with van der Waals surface area (Å²) in [6.07, 6.45) is 8.85. The molecular formula is C14H18N2OS. The molecule has 0 amide bonds. The third-order valence-electron chi connectivity index (χ3n) is 4.60. The van der Waals surface area contributed by atoms with Crippen molar-refractivity contribution in [1.29, 1.82) is 0 Å². The van der Waals surface area contributed by atoms with Gasteiger partial charge in [-0.15, -0.1) is 11.3 Å². The Labute approximate surface area is 111 Å². The van der Waals surface area contributed by atoms with Crippen LogP contribution >= 0.6 is 11.3 Å². The summed E-state index contributed by atoms with van der Waals surface area (Å²) in [6.45, 7) is 0. The SMILES string of the molecule is O=C1CC2CCC(C1)N2c1nc2c(s1)CCCC2. The lowest BCUT2D eigenvalue weighted by Crippen LogP contribution is -2.43. The van der Waals surface area contributed by atoms with Crippen molar-refractivity contribution in [3.63, 3.8) is 0 Å². The summed E-state index contributed by atoms with van der Waals surface area (Å²) < 4.78 is 0. The molecule has 2 atom stereocenters. The van der Waals surface area contributed by atoms with Crippen molar-refractivity contribution in [1.82, 2.24) is 4.98 Å². The number of thiazole rings is 1. The molecule has 0 aromatic carbocycles. The molecule has 0 spiro atoms. The topological polar surface area (TPSA) is 33.2 Å². The number of aryl methyl sites for hydroxylation is 2. The minimum absolute atomic E-state index is 0.448. The fourth-order valence-electron chi connectivity index (χ4n) is 3.73. The number of piperidine rings is 1. The fourth-order valence-corrected chi connectivity index (χ4v) is 5.02. The normalized spacial score (nSPS) is 30.7. The van der Waals surface area contributed by atoms with E-state index in [0.717, 1.165) is 19.3 Å². The first-order valence-electron chi connectivity index (χ1n) is 7.10. The van der Waals surface area contributed by atoms with E-state index in [1.54, 1.807) is 0 Å². The highest BCUT2D eigenvalue weighted by Crippen LogP contribution is 2.41. The first kappa shape index (κ1) is 11.0. The van der Waals surface area contributed by atoms with E-state index in [0.29, 0.717) is 17.9 Å². The molecule has 1 aromatic rings. The number of aromatic nitrogens is 1. The van der Waals surface area contributed by atoms with Crippen LogP contribution < -0.4 is 4.90 Å². The number of carbonyl (C=O) groups excluding carboxylic acids is 1. The Bertz CT molecular complexity index is 456. The molecule has 2 saturated heterocycles. The van der Waals surface area contributed by atoms with Crippen molar-refractivity contribution in [3.8, 4) is 0 Å². The molecule has 2 fully saturated rings. The van der Waals surface area contributed by atoms with Crippen LogP contribution in [0.3, 0.4) is 0 Å². The molecule has 2 bridgehead atoms. The van der Waals surface area contributed by atoms with Crippen LogP contribution in [-0.4, -0.2) is 22.9 Å². The van der Waals surface area contributed by atoms with E-state index in [2.05, 4.69) is 4.90 Å². The molecule has 1 aromatic heterocycles. The average molecular weight is 262 g/mol. The Hall–Kier alpha value is -0.900.